The quantitative estimate of drug-likeness (QED) is 0.499. The van der Waals surface area contributed by atoms with Gasteiger partial charge in [-0.3, -0.25) is 11.3 Å². The topological polar surface area (TPSA) is 38.0 Å². The Morgan fingerprint density at radius 3 is 2.50 bits per heavy atom. The number of hydrogen-bond donors (Lipinski definition) is 2. The summed E-state index contributed by atoms with van der Waals surface area (Å²) in [7, 11) is 0. The van der Waals surface area contributed by atoms with Crippen LogP contribution in [-0.2, 0) is 6.42 Å². The monoisotopic (exact) mass is 310 g/mol. The average Bonchev–Trinajstić information content (AvgIpc) is 2.47. The summed E-state index contributed by atoms with van der Waals surface area (Å²) in [4.78, 5) is 1.17. The van der Waals surface area contributed by atoms with E-state index in [4.69, 9.17) is 17.4 Å². The van der Waals surface area contributed by atoms with Crippen LogP contribution >= 0.6 is 23.4 Å². The Balaban J connectivity index is 2.24. The maximum absolute atomic E-state index is 13.8. The number of nitrogens with two attached hydrogens (primary N) is 1. The van der Waals surface area contributed by atoms with Gasteiger partial charge in [-0.25, -0.2) is 4.39 Å². The molecule has 106 valence electrons. The van der Waals surface area contributed by atoms with E-state index in [1.807, 2.05) is 30.5 Å². The van der Waals surface area contributed by atoms with E-state index in [0.29, 0.717) is 17.0 Å². The SMILES string of the molecule is CSc1ccc(C(Cc2c(F)cccc2Cl)NN)cc1. The summed E-state index contributed by atoms with van der Waals surface area (Å²) in [5.41, 5.74) is 4.21. The van der Waals surface area contributed by atoms with Gasteiger partial charge in [0.1, 0.15) is 5.82 Å². The minimum atomic E-state index is -0.307. The van der Waals surface area contributed by atoms with Crippen molar-refractivity contribution in [2.45, 2.75) is 17.4 Å². The number of thioether (sulfide) groups is 1. The lowest BCUT2D eigenvalue weighted by molar-refractivity contribution is 0.529. The van der Waals surface area contributed by atoms with Crippen molar-refractivity contribution in [3.63, 3.8) is 0 Å². The molecule has 1 unspecified atom stereocenters. The molecule has 3 N–H and O–H groups in total. The normalized spacial score (nSPS) is 12.4. The summed E-state index contributed by atoms with van der Waals surface area (Å²) < 4.78 is 13.8. The fourth-order valence-corrected chi connectivity index (χ4v) is 2.69. The zero-order valence-electron chi connectivity index (χ0n) is 11.1. The lowest BCUT2D eigenvalue weighted by Crippen LogP contribution is -2.29. The van der Waals surface area contributed by atoms with Crippen molar-refractivity contribution in [2.24, 2.45) is 5.84 Å². The molecule has 5 heteroatoms. The second-order valence-corrected chi connectivity index (χ2v) is 5.68. The molecular formula is C15H16ClFN2S. The third-order valence-electron chi connectivity index (χ3n) is 3.19. The van der Waals surface area contributed by atoms with E-state index in [9.17, 15) is 4.39 Å². The first-order chi connectivity index (χ1) is 9.65. The molecule has 2 rings (SSSR count). The molecule has 0 spiro atoms. The number of hydrogen-bond acceptors (Lipinski definition) is 3. The van der Waals surface area contributed by atoms with Crippen molar-refractivity contribution in [3.05, 3.63) is 64.4 Å². The first kappa shape index (κ1) is 15.3. The summed E-state index contributed by atoms with van der Waals surface area (Å²) in [6, 6.07) is 12.5. The van der Waals surface area contributed by atoms with E-state index in [-0.39, 0.29) is 11.9 Å². The standard InChI is InChI=1S/C15H16ClFN2S/c1-20-11-7-5-10(6-8-11)15(19-18)9-12-13(16)3-2-4-14(12)17/h2-8,15,19H,9,18H2,1H3. The summed E-state index contributed by atoms with van der Waals surface area (Å²) in [6.45, 7) is 0. The number of benzene rings is 2. The molecule has 2 aromatic carbocycles. The molecule has 0 aliphatic rings. The van der Waals surface area contributed by atoms with Crippen LogP contribution in [0.3, 0.4) is 0 Å². The highest BCUT2D eigenvalue weighted by molar-refractivity contribution is 7.98. The Kier molecular flexibility index (Phi) is 5.43. The zero-order valence-corrected chi connectivity index (χ0v) is 12.6. The average molecular weight is 311 g/mol. The number of nitrogens with one attached hydrogen (secondary N) is 1. The third kappa shape index (κ3) is 3.52. The molecule has 0 radical (unpaired) electrons. The van der Waals surface area contributed by atoms with Gasteiger partial charge in [0, 0.05) is 15.5 Å². The van der Waals surface area contributed by atoms with Gasteiger partial charge < -0.3 is 0 Å². The Bertz CT molecular complexity index is 554. The van der Waals surface area contributed by atoms with Crippen molar-refractivity contribution in [1.82, 2.24) is 5.43 Å². The molecular weight excluding hydrogens is 295 g/mol. The van der Waals surface area contributed by atoms with Gasteiger partial charge in [-0.2, -0.15) is 0 Å². The molecule has 0 fully saturated rings. The Hall–Kier alpha value is -1.07. The van der Waals surface area contributed by atoms with Gasteiger partial charge in [-0.1, -0.05) is 29.8 Å². The maximum atomic E-state index is 13.8. The van der Waals surface area contributed by atoms with Crippen LogP contribution in [0, 0.1) is 5.82 Å². The Labute approximate surface area is 127 Å². The first-order valence-electron chi connectivity index (χ1n) is 6.18. The molecule has 0 aliphatic carbocycles. The van der Waals surface area contributed by atoms with Gasteiger partial charge in [0.2, 0.25) is 0 Å². The van der Waals surface area contributed by atoms with Crippen LogP contribution < -0.4 is 11.3 Å². The molecule has 0 amide bonds. The molecule has 0 aromatic heterocycles. The van der Waals surface area contributed by atoms with Crippen LogP contribution in [0.5, 0.6) is 0 Å². The highest BCUT2D eigenvalue weighted by atomic mass is 35.5. The second-order valence-electron chi connectivity index (χ2n) is 4.40. The smallest absolute Gasteiger partial charge is 0.127 e. The fraction of sp³-hybridized carbons (Fsp3) is 0.200. The molecule has 0 bridgehead atoms. The predicted octanol–water partition coefficient (Wildman–Crippen LogP) is 3.95. The van der Waals surface area contributed by atoms with Crippen molar-refractivity contribution < 1.29 is 4.39 Å². The van der Waals surface area contributed by atoms with E-state index < -0.39 is 0 Å². The van der Waals surface area contributed by atoms with Crippen LogP contribution in [0.25, 0.3) is 0 Å². The fourth-order valence-electron chi connectivity index (χ4n) is 2.04. The molecule has 0 aliphatic heterocycles. The van der Waals surface area contributed by atoms with Crippen LogP contribution in [0.4, 0.5) is 4.39 Å². The van der Waals surface area contributed by atoms with Crippen molar-refractivity contribution >= 4 is 23.4 Å². The summed E-state index contributed by atoms with van der Waals surface area (Å²) in [5.74, 6) is 5.30. The molecule has 0 saturated heterocycles. The molecule has 0 heterocycles. The van der Waals surface area contributed by atoms with Crippen molar-refractivity contribution in [2.75, 3.05) is 6.26 Å². The van der Waals surface area contributed by atoms with Crippen LogP contribution in [0.2, 0.25) is 5.02 Å². The second kappa shape index (κ2) is 7.09. The van der Waals surface area contributed by atoms with E-state index in [0.717, 1.165) is 5.56 Å². The highest BCUT2D eigenvalue weighted by Crippen LogP contribution is 2.26. The Morgan fingerprint density at radius 2 is 1.95 bits per heavy atom. The number of halogens is 2. The van der Waals surface area contributed by atoms with Crippen LogP contribution in [0.15, 0.2) is 47.4 Å². The molecule has 2 nitrogen and oxygen atoms in total. The lowest BCUT2D eigenvalue weighted by Gasteiger charge is -2.18. The van der Waals surface area contributed by atoms with Gasteiger partial charge in [-0.15, -0.1) is 11.8 Å². The number of hydrazine groups is 1. The molecule has 1 atom stereocenters. The van der Waals surface area contributed by atoms with Crippen molar-refractivity contribution in [1.29, 1.82) is 0 Å². The Morgan fingerprint density at radius 1 is 1.25 bits per heavy atom. The van der Waals surface area contributed by atoms with Gasteiger partial charge in [-0.05, 0) is 42.5 Å². The van der Waals surface area contributed by atoms with Gasteiger partial charge in [0.15, 0.2) is 0 Å². The molecule has 20 heavy (non-hydrogen) atoms. The minimum absolute atomic E-state index is 0.180. The lowest BCUT2D eigenvalue weighted by atomic mass is 9.99. The summed E-state index contributed by atoms with van der Waals surface area (Å²) in [5, 5.41) is 0.422. The molecule has 0 saturated carbocycles. The summed E-state index contributed by atoms with van der Waals surface area (Å²) in [6.07, 6.45) is 2.42. The van der Waals surface area contributed by atoms with E-state index in [1.165, 1.54) is 11.0 Å². The van der Waals surface area contributed by atoms with Crippen LogP contribution in [0.1, 0.15) is 17.2 Å². The van der Waals surface area contributed by atoms with E-state index in [2.05, 4.69) is 5.43 Å². The van der Waals surface area contributed by atoms with Gasteiger partial charge in [0.25, 0.3) is 0 Å². The third-order valence-corrected chi connectivity index (χ3v) is 4.29. The minimum Gasteiger partial charge on any atom is -0.271 e. The van der Waals surface area contributed by atoms with Crippen LogP contribution in [-0.4, -0.2) is 6.26 Å². The van der Waals surface area contributed by atoms with E-state index in [1.54, 1.807) is 23.9 Å². The van der Waals surface area contributed by atoms with Gasteiger partial charge >= 0.3 is 0 Å². The summed E-state index contributed by atoms with van der Waals surface area (Å²) >= 11 is 7.73. The van der Waals surface area contributed by atoms with Gasteiger partial charge in [0.05, 0.1) is 6.04 Å². The number of rotatable bonds is 5. The van der Waals surface area contributed by atoms with Crippen molar-refractivity contribution in [3.8, 4) is 0 Å². The molecule has 2 aromatic rings. The maximum Gasteiger partial charge on any atom is 0.127 e. The van der Waals surface area contributed by atoms with E-state index >= 15 is 0 Å². The highest BCUT2D eigenvalue weighted by Gasteiger charge is 2.15. The zero-order chi connectivity index (χ0) is 14.5. The largest absolute Gasteiger partial charge is 0.271 e. The first-order valence-corrected chi connectivity index (χ1v) is 7.79. The predicted molar refractivity (Wildman–Crippen MR) is 83.4 cm³/mol.